The SMILES string of the molecule is COc1cccc(-c2nc(-c3csc(NC4NCCCN4)n3)cs2)c1O. The van der Waals surface area contributed by atoms with Gasteiger partial charge in [0.1, 0.15) is 22.7 Å². The lowest BCUT2D eigenvalue weighted by Gasteiger charge is -2.25. The van der Waals surface area contributed by atoms with Gasteiger partial charge in [-0.05, 0) is 31.6 Å². The Hall–Kier alpha value is -2.20. The summed E-state index contributed by atoms with van der Waals surface area (Å²) in [5.74, 6) is 0.540. The third kappa shape index (κ3) is 3.51. The molecule has 1 saturated heterocycles. The molecule has 136 valence electrons. The van der Waals surface area contributed by atoms with Crippen molar-refractivity contribution in [3.8, 4) is 33.5 Å². The van der Waals surface area contributed by atoms with Crippen molar-refractivity contribution in [1.82, 2.24) is 20.6 Å². The summed E-state index contributed by atoms with van der Waals surface area (Å²) in [7, 11) is 1.53. The summed E-state index contributed by atoms with van der Waals surface area (Å²) in [4.78, 5) is 9.26. The molecule has 7 nitrogen and oxygen atoms in total. The molecule has 4 rings (SSSR count). The lowest BCUT2D eigenvalue weighted by atomic mass is 10.2. The van der Waals surface area contributed by atoms with E-state index in [-0.39, 0.29) is 12.0 Å². The van der Waals surface area contributed by atoms with Crippen LogP contribution in [0, 0.1) is 0 Å². The van der Waals surface area contributed by atoms with Crippen LogP contribution in [-0.4, -0.2) is 41.6 Å². The monoisotopic (exact) mass is 389 g/mol. The van der Waals surface area contributed by atoms with Crippen LogP contribution >= 0.6 is 22.7 Å². The van der Waals surface area contributed by atoms with Gasteiger partial charge in [-0.2, -0.15) is 0 Å². The summed E-state index contributed by atoms with van der Waals surface area (Å²) in [5, 5.41) is 25.9. The molecule has 4 N–H and O–H groups in total. The van der Waals surface area contributed by atoms with Crippen molar-refractivity contribution >= 4 is 27.8 Å². The largest absolute Gasteiger partial charge is 0.504 e. The molecule has 3 aromatic rings. The number of aromatic hydroxyl groups is 1. The second kappa shape index (κ2) is 7.58. The van der Waals surface area contributed by atoms with Crippen molar-refractivity contribution in [2.24, 2.45) is 0 Å². The zero-order valence-corrected chi connectivity index (χ0v) is 15.8. The second-order valence-corrected chi connectivity index (χ2v) is 7.49. The average Bonchev–Trinajstić information content (AvgIpc) is 3.32. The number of para-hydroxylation sites is 1. The van der Waals surface area contributed by atoms with Gasteiger partial charge in [-0.1, -0.05) is 6.07 Å². The average molecular weight is 390 g/mol. The number of benzene rings is 1. The highest BCUT2D eigenvalue weighted by molar-refractivity contribution is 7.14. The van der Waals surface area contributed by atoms with E-state index in [4.69, 9.17) is 4.74 Å². The molecule has 0 atom stereocenters. The number of rotatable bonds is 5. The molecule has 0 radical (unpaired) electrons. The Morgan fingerprint density at radius 2 is 1.92 bits per heavy atom. The minimum atomic E-state index is 0.0440. The van der Waals surface area contributed by atoms with Crippen LogP contribution in [0.15, 0.2) is 29.0 Å². The van der Waals surface area contributed by atoms with Crippen LogP contribution in [-0.2, 0) is 0 Å². The summed E-state index contributed by atoms with van der Waals surface area (Å²) in [6, 6.07) is 5.39. The van der Waals surface area contributed by atoms with Crippen molar-refractivity contribution in [1.29, 1.82) is 0 Å². The van der Waals surface area contributed by atoms with Gasteiger partial charge in [0.05, 0.1) is 12.7 Å². The van der Waals surface area contributed by atoms with Crippen LogP contribution in [0.1, 0.15) is 6.42 Å². The molecule has 26 heavy (non-hydrogen) atoms. The van der Waals surface area contributed by atoms with Crippen molar-refractivity contribution in [2.75, 3.05) is 25.5 Å². The number of methoxy groups -OCH3 is 1. The lowest BCUT2D eigenvalue weighted by molar-refractivity contribution is 0.374. The van der Waals surface area contributed by atoms with E-state index in [0.717, 1.165) is 41.0 Å². The Morgan fingerprint density at radius 1 is 1.15 bits per heavy atom. The number of hydrogen-bond acceptors (Lipinski definition) is 9. The van der Waals surface area contributed by atoms with Crippen LogP contribution in [0.4, 0.5) is 5.13 Å². The van der Waals surface area contributed by atoms with Gasteiger partial charge in [0.15, 0.2) is 16.6 Å². The summed E-state index contributed by atoms with van der Waals surface area (Å²) in [6.07, 6.45) is 1.17. The van der Waals surface area contributed by atoms with Crippen molar-refractivity contribution in [3.63, 3.8) is 0 Å². The summed E-state index contributed by atoms with van der Waals surface area (Å²) in [5.41, 5.74) is 2.27. The van der Waals surface area contributed by atoms with Gasteiger partial charge in [0.25, 0.3) is 0 Å². The molecule has 9 heteroatoms. The number of nitrogens with zero attached hydrogens (tertiary/aromatic N) is 2. The van der Waals surface area contributed by atoms with Crippen molar-refractivity contribution < 1.29 is 9.84 Å². The molecule has 0 spiro atoms. The summed E-state index contributed by atoms with van der Waals surface area (Å²) in [6.45, 7) is 1.98. The fourth-order valence-corrected chi connectivity index (χ4v) is 4.28. The predicted octanol–water partition coefficient (Wildman–Crippen LogP) is 2.93. The van der Waals surface area contributed by atoms with E-state index in [1.165, 1.54) is 18.4 Å². The Balaban J connectivity index is 1.53. The molecular weight excluding hydrogens is 370 g/mol. The van der Waals surface area contributed by atoms with Crippen LogP contribution in [0.5, 0.6) is 11.5 Å². The number of hydrogen-bond donors (Lipinski definition) is 4. The van der Waals surface area contributed by atoms with Gasteiger partial charge in [0, 0.05) is 10.8 Å². The minimum absolute atomic E-state index is 0.0440. The number of thiazole rings is 2. The molecule has 1 aromatic carbocycles. The molecule has 2 aromatic heterocycles. The van der Waals surface area contributed by atoms with E-state index in [1.54, 1.807) is 17.4 Å². The molecular formula is C17H19N5O2S2. The molecule has 0 aliphatic carbocycles. The maximum atomic E-state index is 10.3. The number of phenolic OH excluding ortho intramolecular Hbond substituents is 1. The van der Waals surface area contributed by atoms with Gasteiger partial charge < -0.3 is 15.2 Å². The van der Waals surface area contributed by atoms with Crippen LogP contribution < -0.4 is 20.7 Å². The molecule has 3 heterocycles. The fourth-order valence-electron chi connectivity index (χ4n) is 2.71. The first-order valence-corrected chi connectivity index (χ1v) is 10.0. The van der Waals surface area contributed by atoms with E-state index < -0.39 is 0 Å². The molecule has 0 unspecified atom stereocenters. The molecule has 0 amide bonds. The molecule has 0 bridgehead atoms. The first-order valence-electron chi connectivity index (χ1n) is 8.25. The molecule has 1 aliphatic rings. The number of nitrogens with one attached hydrogen (secondary N) is 3. The van der Waals surface area contributed by atoms with Crippen molar-refractivity contribution in [2.45, 2.75) is 12.7 Å². The third-order valence-corrected chi connectivity index (χ3v) is 5.69. The van der Waals surface area contributed by atoms with Gasteiger partial charge in [-0.15, -0.1) is 22.7 Å². The van der Waals surface area contributed by atoms with E-state index >= 15 is 0 Å². The highest BCUT2D eigenvalue weighted by Gasteiger charge is 2.16. The van der Waals surface area contributed by atoms with E-state index in [9.17, 15) is 5.11 Å². The first kappa shape index (κ1) is 17.2. The molecule has 1 aliphatic heterocycles. The van der Waals surface area contributed by atoms with Gasteiger partial charge >= 0.3 is 0 Å². The zero-order chi connectivity index (χ0) is 17.9. The summed E-state index contributed by atoms with van der Waals surface area (Å²) < 4.78 is 5.17. The Bertz CT molecular complexity index is 889. The third-order valence-electron chi connectivity index (χ3n) is 4.04. The maximum Gasteiger partial charge on any atom is 0.185 e. The number of anilines is 1. The smallest absolute Gasteiger partial charge is 0.185 e. The van der Waals surface area contributed by atoms with Crippen molar-refractivity contribution in [3.05, 3.63) is 29.0 Å². The molecule has 0 saturated carbocycles. The number of phenols is 1. The Labute approximate surface area is 159 Å². The van der Waals surface area contributed by atoms with Gasteiger partial charge in [-0.25, -0.2) is 9.97 Å². The summed E-state index contributed by atoms with van der Waals surface area (Å²) >= 11 is 3.01. The minimum Gasteiger partial charge on any atom is -0.504 e. The first-order chi connectivity index (χ1) is 12.7. The van der Waals surface area contributed by atoms with E-state index in [1.807, 2.05) is 22.9 Å². The quantitative estimate of drug-likeness (QED) is 0.533. The number of ether oxygens (including phenoxy) is 1. The van der Waals surface area contributed by atoms with Gasteiger partial charge in [-0.3, -0.25) is 10.6 Å². The van der Waals surface area contributed by atoms with Crippen LogP contribution in [0.25, 0.3) is 22.0 Å². The standard InChI is InChI=1S/C17H19N5O2S2/c1-24-13-5-2-4-10(14(13)23)15-20-11(8-25-15)12-9-26-17(21-12)22-16-18-6-3-7-19-16/h2,4-5,8-9,16,18-19,23H,3,6-7H2,1H3,(H,21,22). The highest BCUT2D eigenvalue weighted by atomic mass is 32.1. The second-order valence-electron chi connectivity index (χ2n) is 5.77. The highest BCUT2D eigenvalue weighted by Crippen LogP contribution is 2.39. The van der Waals surface area contributed by atoms with Gasteiger partial charge in [0.2, 0.25) is 0 Å². The normalized spacial score (nSPS) is 15.1. The maximum absolute atomic E-state index is 10.3. The Morgan fingerprint density at radius 3 is 2.73 bits per heavy atom. The number of aromatic nitrogens is 2. The van der Waals surface area contributed by atoms with E-state index in [2.05, 4.69) is 25.9 Å². The molecule has 1 fully saturated rings. The van der Waals surface area contributed by atoms with Crippen LogP contribution in [0.3, 0.4) is 0 Å². The van der Waals surface area contributed by atoms with Crippen LogP contribution in [0.2, 0.25) is 0 Å². The topological polar surface area (TPSA) is 91.3 Å². The Kier molecular flexibility index (Phi) is 5.02. The zero-order valence-electron chi connectivity index (χ0n) is 14.2. The van der Waals surface area contributed by atoms with E-state index in [0.29, 0.717) is 11.3 Å². The lowest BCUT2D eigenvalue weighted by Crippen LogP contribution is -2.52. The predicted molar refractivity (Wildman–Crippen MR) is 105 cm³/mol. The fraction of sp³-hybridized carbons (Fsp3) is 0.294.